The minimum atomic E-state index is -4.11. The molecular weight excluding hydrogens is 279 g/mol. The summed E-state index contributed by atoms with van der Waals surface area (Å²) in [4.78, 5) is 11.8. The Bertz CT molecular complexity index is 286. The van der Waals surface area contributed by atoms with E-state index in [-0.39, 0.29) is 30.0 Å². The summed E-state index contributed by atoms with van der Waals surface area (Å²) in [7, 11) is 0. The number of hydrogen-bond acceptors (Lipinski definition) is 1. The van der Waals surface area contributed by atoms with Crippen LogP contribution in [0.3, 0.4) is 0 Å². The molecular formula is C13H21ClF3NO. The number of carbonyl (C=O) groups is 1. The van der Waals surface area contributed by atoms with Gasteiger partial charge in [-0.05, 0) is 45.4 Å². The highest BCUT2D eigenvalue weighted by Gasteiger charge is 2.42. The average molecular weight is 300 g/mol. The second-order valence-electron chi connectivity index (χ2n) is 5.30. The molecule has 0 bridgehead atoms. The molecule has 0 spiro atoms. The maximum absolute atomic E-state index is 12.5. The highest BCUT2D eigenvalue weighted by Crippen LogP contribution is 2.39. The summed E-state index contributed by atoms with van der Waals surface area (Å²) in [5, 5.41) is 2.87. The second-order valence-corrected chi connectivity index (χ2v) is 6.05. The molecule has 1 aliphatic carbocycles. The molecule has 112 valence electrons. The van der Waals surface area contributed by atoms with E-state index in [0.29, 0.717) is 19.4 Å². The number of alkyl halides is 4. The van der Waals surface area contributed by atoms with E-state index in [1.807, 2.05) is 6.92 Å². The molecule has 0 aliphatic heterocycles. The Morgan fingerprint density at radius 3 is 2.37 bits per heavy atom. The van der Waals surface area contributed by atoms with Gasteiger partial charge in [-0.2, -0.15) is 13.2 Å². The fourth-order valence-electron chi connectivity index (χ4n) is 2.42. The summed E-state index contributed by atoms with van der Waals surface area (Å²) in [6.07, 6.45) is -1.68. The van der Waals surface area contributed by atoms with Crippen molar-refractivity contribution in [3.05, 3.63) is 0 Å². The van der Waals surface area contributed by atoms with Crippen LogP contribution in [0.2, 0.25) is 0 Å². The predicted molar refractivity (Wildman–Crippen MR) is 69.1 cm³/mol. The van der Waals surface area contributed by atoms with E-state index in [4.69, 9.17) is 11.6 Å². The van der Waals surface area contributed by atoms with Gasteiger partial charge < -0.3 is 5.32 Å². The van der Waals surface area contributed by atoms with Gasteiger partial charge in [0.1, 0.15) is 0 Å². The van der Waals surface area contributed by atoms with Crippen LogP contribution in [0, 0.1) is 11.8 Å². The Labute approximate surface area is 117 Å². The van der Waals surface area contributed by atoms with Crippen molar-refractivity contribution in [1.82, 2.24) is 5.32 Å². The first-order valence-corrected chi connectivity index (χ1v) is 7.23. The predicted octanol–water partition coefficient (Wildman–Crippen LogP) is 3.88. The lowest BCUT2D eigenvalue weighted by Gasteiger charge is -2.29. The monoisotopic (exact) mass is 299 g/mol. The number of amides is 1. The SMILES string of the molecule is CC(Cl)CCCNC(=O)C1CCC(C(F)(F)F)CC1. The molecule has 0 heterocycles. The van der Waals surface area contributed by atoms with Crippen molar-refractivity contribution in [2.45, 2.75) is 57.0 Å². The van der Waals surface area contributed by atoms with Gasteiger partial charge in [0.15, 0.2) is 0 Å². The summed E-state index contributed by atoms with van der Waals surface area (Å²) in [6, 6.07) is 0. The molecule has 1 rings (SSSR count). The Hall–Kier alpha value is -0.450. The summed E-state index contributed by atoms with van der Waals surface area (Å²) >= 11 is 5.78. The zero-order chi connectivity index (χ0) is 14.5. The topological polar surface area (TPSA) is 29.1 Å². The Morgan fingerprint density at radius 2 is 1.89 bits per heavy atom. The summed E-state index contributed by atoms with van der Waals surface area (Å²) in [5.74, 6) is -1.59. The van der Waals surface area contributed by atoms with Crippen molar-refractivity contribution in [1.29, 1.82) is 0 Å². The van der Waals surface area contributed by atoms with Crippen LogP contribution >= 0.6 is 11.6 Å². The quantitative estimate of drug-likeness (QED) is 0.606. The van der Waals surface area contributed by atoms with Crippen molar-refractivity contribution >= 4 is 17.5 Å². The number of nitrogens with one attached hydrogen (secondary N) is 1. The fraction of sp³-hybridized carbons (Fsp3) is 0.923. The zero-order valence-corrected chi connectivity index (χ0v) is 11.9. The molecule has 0 aromatic carbocycles. The van der Waals surface area contributed by atoms with Gasteiger partial charge in [-0.3, -0.25) is 4.79 Å². The minimum Gasteiger partial charge on any atom is -0.356 e. The molecule has 1 unspecified atom stereocenters. The number of rotatable bonds is 5. The van der Waals surface area contributed by atoms with Gasteiger partial charge >= 0.3 is 6.18 Å². The van der Waals surface area contributed by atoms with Crippen LogP contribution in [0.5, 0.6) is 0 Å². The van der Waals surface area contributed by atoms with Crippen molar-refractivity contribution in [3.8, 4) is 0 Å². The van der Waals surface area contributed by atoms with Crippen molar-refractivity contribution in [2.75, 3.05) is 6.54 Å². The summed E-state index contributed by atoms with van der Waals surface area (Å²) < 4.78 is 37.4. The van der Waals surface area contributed by atoms with Crippen LogP contribution in [0.25, 0.3) is 0 Å². The fourth-order valence-corrected chi connectivity index (χ4v) is 2.58. The highest BCUT2D eigenvalue weighted by atomic mass is 35.5. The first-order valence-electron chi connectivity index (χ1n) is 6.79. The van der Waals surface area contributed by atoms with Crippen LogP contribution < -0.4 is 5.32 Å². The van der Waals surface area contributed by atoms with Gasteiger partial charge in [-0.1, -0.05) is 0 Å². The molecule has 2 nitrogen and oxygen atoms in total. The van der Waals surface area contributed by atoms with E-state index in [2.05, 4.69) is 5.32 Å². The van der Waals surface area contributed by atoms with E-state index in [9.17, 15) is 18.0 Å². The smallest absolute Gasteiger partial charge is 0.356 e. The van der Waals surface area contributed by atoms with Crippen LogP contribution in [0.1, 0.15) is 45.4 Å². The Balaban J connectivity index is 2.22. The first-order chi connectivity index (χ1) is 8.80. The molecule has 0 saturated heterocycles. The maximum Gasteiger partial charge on any atom is 0.391 e. The van der Waals surface area contributed by atoms with E-state index >= 15 is 0 Å². The van der Waals surface area contributed by atoms with Crippen molar-refractivity contribution in [2.24, 2.45) is 11.8 Å². The van der Waals surface area contributed by atoms with Gasteiger partial charge in [0.25, 0.3) is 0 Å². The number of carbonyl (C=O) groups excluding carboxylic acids is 1. The number of halogens is 4. The molecule has 0 aromatic rings. The lowest BCUT2D eigenvalue weighted by molar-refractivity contribution is -0.184. The van der Waals surface area contributed by atoms with Gasteiger partial charge in [0, 0.05) is 17.8 Å². The third kappa shape index (κ3) is 6.02. The number of hydrogen-bond donors (Lipinski definition) is 1. The summed E-state index contributed by atoms with van der Waals surface area (Å²) in [6.45, 7) is 2.44. The van der Waals surface area contributed by atoms with E-state index in [1.165, 1.54) is 0 Å². The third-order valence-electron chi connectivity index (χ3n) is 3.64. The molecule has 6 heteroatoms. The Kier molecular flexibility index (Phi) is 6.43. The van der Waals surface area contributed by atoms with E-state index < -0.39 is 12.1 Å². The second kappa shape index (κ2) is 7.36. The van der Waals surface area contributed by atoms with E-state index in [0.717, 1.165) is 12.8 Å². The first kappa shape index (κ1) is 16.6. The summed E-state index contributed by atoms with van der Waals surface area (Å²) in [5.41, 5.74) is 0. The minimum absolute atomic E-state index is 0.0697. The molecule has 1 atom stereocenters. The van der Waals surface area contributed by atoms with Gasteiger partial charge in [-0.25, -0.2) is 0 Å². The normalized spacial score (nSPS) is 25.9. The largest absolute Gasteiger partial charge is 0.391 e. The molecule has 1 fully saturated rings. The molecule has 1 aliphatic rings. The molecule has 0 aromatic heterocycles. The van der Waals surface area contributed by atoms with Crippen molar-refractivity contribution in [3.63, 3.8) is 0 Å². The highest BCUT2D eigenvalue weighted by molar-refractivity contribution is 6.20. The third-order valence-corrected chi connectivity index (χ3v) is 3.86. The molecule has 1 amide bonds. The molecule has 19 heavy (non-hydrogen) atoms. The lowest BCUT2D eigenvalue weighted by Crippen LogP contribution is -2.36. The van der Waals surface area contributed by atoms with Crippen molar-refractivity contribution < 1.29 is 18.0 Å². The molecule has 1 saturated carbocycles. The molecule has 1 N–H and O–H groups in total. The van der Waals surface area contributed by atoms with Gasteiger partial charge in [0.2, 0.25) is 5.91 Å². The average Bonchev–Trinajstić information content (AvgIpc) is 2.33. The lowest BCUT2D eigenvalue weighted by atomic mass is 9.81. The zero-order valence-electron chi connectivity index (χ0n) is 11.1. The Morgan fingerprint density at radius 1 is 1.32 bits per heavy atom. The van der Waals surface area contributed by atoms with Crippen LogP contribution in [-0.2, 0) is 4.79 Å². The maximum atomic E-state index is 12.5. The van der Waals surface area contributed by atoms with Gasteiger partial charge in [0.05, 0.1) is 5.92 Å². The molecule has 0 radical (unpaired) electrons. The van der Waals surface area contributed by atoms with Crippen LogP contribution in [0.15, 0.2) is 0 Å². The van der Waals surface area contributed by atoms with E-state index in [1.54, 1.807) is 0 Å². The van der Waals surface area contributed by atoms with Gasteiger partial charge in [-0.15, -0.1) is 11.6 Å². The standard InChI is InChI=1S/C13H21ClF3NO/c1-9(14)3-2-8-18-12(19)10-4-6-11(7-5-10)13(15,16)17/h9-11H,2-8H2,1H3,(H,18,19). The van der Waals surface area contributed by atoms with Crippen LogP contribution in [0.4, 0.5) is 13.2 Å². The van der Waals surface area contributed by atoms with Crippen LogP contribution in [-0.4, -0.2) is 24.0 Å².